The maximum atomic E-state index is 12.8. The maximum absolute atomic E-state index is 12.8. The average molecular weight is 455 g/mol. The highest BCUT2D eigenvalue weighted by atomic mass is 16.5. The summed E-state index contributed by atoms with van der Waals surface area (Å²) < 4.78 is 6.64. The fourth-order valence-electron chi connectivity index (χ4n) is 4.74. The topological polar surface area (TPSA) is 87.9 Å². The fourth-order valence-corrected chi connectivity index (χ4v) is 4.74. The van der Waals surface area contributed by atoms with Gasteiger partial charge in [-0.2, -0.15) is 0 Å². The summed E-state index contributed by atoms with van der Waals surface area (Å²) in [6.07, 6.45) is 2.86. The van der Waals surface area contributed by atoms with Crippen LogP contribution in [0.1, 0.15) is 37.7 Å². The number of hydrogen-bond donors (Lipinski definition) is 1. The van der Waals surface area contributed by atoms with Gasteiger partial charge >= 0.3 is 0 Å². The van der Waals surface area contributed by atoms with Crippen LogP contribution in [0.5, 0.6) is 0 Å². The number of ether oxygens (including phenoxy) is 1. The molecule has 8 nitrogen and oxygen atoms in total. The number of nitrogens with zero attached hydrogens (tertiary/aromatic N) is 4. The molecule has 2 fully saturated rings. The minimum absolute atomic E-state index is 0.109. The van der Waals surface area contributed by atoms with Crippen LogP contribution in [0, 0.1) is 5.92 Å². The lowest BCUT2D eigenvalue weighted by Gasteiger charge is -2.40. The molecule has 4 rings (SSSR count). The van der Waals surface area contributed by atoms with Gasteiger partial charge in [-0.15, -0.1) is 0 Å². The van der Waals surface area contributed by atoms with Gasteiger partial charge in [0.2, 0.25) is 5.91 Å². The van der Waals surface area contributed by atoms with Crippen molar-refractivity contribution in [3.8, 4) is 0 Å². The minimum Gasteiger partial charge on any atom is -0.388 e. The summed E-state index contributed by atoms with van der Waals surface area (Å²) in [6.45, 7) is 5.62. The van der Waals surface area contributed by atoms with Crippen molar-refractivity contribution in [2.45, 2.75) is 44.2 Å². The van der Waals surface area contributed by atoms with Crippen LogP contribution in [-0.2, 0) is 16.1 Å². The van der Waals surface area contributed by atoms with E-state index >= 15 is 0 Å². The van der Waals surface area contributed by atoms with Crippen molar-refractivity contribution in [3.63, 3.8) is 0 Å². The van der Waals surface area contributed by atoms with Crippen molar-refractivity contribution in [2.24, 2.45) is 5.92 Å². The molecular formula is C25H34N4O4. The van der Waals surface area contributed by atoms with Gasteiger partial charge in [-0.05, 0) is 24.3 Å². The van der Waals surface area contributed by atoms with Crippen molar-refractivity contribution in [1.82, 2.24) is 14.5 Å². The predicted octanol–water partition coefficient (Wildman–Crippen LogP) is 1.87. The van der Waals surface area contributed by atoms with E-state index in [2.05, 4.69) is 16.8 Å². The highest BCUT2D eigenvalue weighted by Gasteiger charge is 2.35. The molecule has 3 heterocycles. The Morgan fingerprint density at radius 3 is 2.58 bits per heavy atom. The summed E-state index contributed by atoms with van der Waals surface area (Å²) in [5.74, 6) is 1.41. The number of anilines is 1. The van der Waals surface area contributed by atoms with E-state index < -0.39 is 5.60 Å². The van der Waals surface area contributed by atoms with Crippen LogP contribution in [0.2, 0.25) is 0 Å². The van der Waals surface area contributed by atoms with Crippen molar-refractivity contribution >= 4 is 11.7 Å². The third kappa shape index (κ3) is 5.62. The minimum atomic E-state index is -1.02. The number of rotatable bonds is 8. The summed E-state index contributed by atoms with van der Waals surface area (Å²) >= 11 is 0. The molecule has 2 aliphatic heterocycles. The number of hydrogen-bond acceptors (Lipinski definition) is 6. The normalized spacial score (nSPS) is 19.2. The monoisotopic (exact) mass is 454 g/mol. The molecule has 2 aromatic rings. The lowest BCUT2D eigenvalue weighted by molar-refractivity contribution is -0.136. The van der Waals surface area contributed by atoms with Gasteiger partial charge in [0.1, 0.15) is 5.82 Å². The molecule has 2 aliphatic rings. The molecule has 1 aromatic carbocycles. The van der Waals surface area contributed by atoms with Gasteiger partial charge in [-0.25, -0.2) is 4.98 Å². The van der Waals surface area contributed by atoms with Crippen molar-refractivity contribution in [2.75, 3.05) is 44.8 Å². The second kappa shape index (κ2) is 10.1. The first-order valence-corrected chi connectivity index (χ1v) is 11.7. The van der Waals surface area contributed by atoms with Crippen LogP contribution in [0.3, 0.4) is 0 Å². The number of aromatic nitrogens is 2. The highest BCUT2D eigenvalue weighted by molar-refractivity contribution is 5.77. The molecule has 1 N–H and O–H groups in total. The number of methoxy groups -OCH3 is 1. The van der Waals surface area contributed by atoms with E-state index in [1.807, 2.05) is 35.2 Å². The van der Waals surface area contributed by atoms with Gasteiger partial charge in [-0.3, -0.25) is 14.2 Å². The summed E-state index contributed by atoms with van der Waals surface area (Å²) in [6, 6.07) is 11.6. The smallest absolute Gasteiger partial charge is 0.255 e. The number of carbonyl (C=O) groups is 1. The van der Waals surface area contributed by atoms with Crippen LogP contribution in [0.4, 0.5) is 5.82 Å². The lowest BCUT2D eigenvalue weighted by Crippen LogP contribution is -2.50. The molecule has 8 heteroatoms. The third-order valence-electron chi connectivity index (χ3n) is 6.91. The molecule has 0 saturated carbocycles. The van der Waals surface area contributed by atoms with Gasteiger partial charge in [0.05, 0.1) is 25.1 Å². The molecule has 0 unspecified atom stereocenters. The Kier molecular flexibility index (Phi) is 7.14. The number of likely N-dealkylation sites (tertiary alicyclic amines) is 1. The molecule has 1 aromatic heterocycles. The van der Waals surface area contributed by atoms with Gasteiger partial charge < -0.3 is 19.6 Å². The molecule has 0 aliphatic carbocycles. The molecule has 2 saturated heterocycles. The summed E-state index contributed by atoms with van der Waals surface area (Å²) in [7, 11) is 1.69. The quantitative estimate of drug-likeness (QED) is 0.655. The molecule has 178 valence electrons. The van der Waals surface area contributed by atoms with Crippen molar-refractivity contribution in [1.29, 1.82) is 0 Å². The van der Waals surface area contributed by atoms with Gasteiger partial charge in [0, 0.05) is 51.7 Å². The Morgan fingerprint density at radius 1 is 1.24 bits per heavy atom. The molecule has 0 bridgehead atoms. The third-order valence-corrected chi connectivity index (χ3v) is 6.91. The van der Waals surface area contributed by atoms with E-state index in [0.29, 0.717) is 50.7 Å². The second-order valence-electron chi connectivity index (χ2n) is 9.56. The van der Waals surface area contributed by atoms with Crippen LogP contribution >= 0.6 is 0 Å². The highest BCUT2D eigenvalue weighted by Crippen LogP contribution is 2.27. The SMILES string of the molecule is COCC1CN(c2cc(=O)n(CC3(O)CCN(C(=O)C[C@@H](C)c4ccccc4)CC3)cn2)C1. The van der Waals surface area contributed by atoms with E-state index in [9.17, 15) is 14.7 Å². The zero-order valence-corrected chi connectivity index (χ0v) is 19.5. The summed E-state index contributed by atoms with van der Waals surface area (Å²) in [4.78, 5) is 33.7. The van der Waals surface area contributed by atoms with E-state index in [0.717, 1.165) is 18.7 Å². The number of piperidine rings is 1. The molecular weight excluding hydrogens is 420 g/mol. The Hall–Kier alpha value is -2.71. The zero-order chi connectivity index (χ0) is 23.4. The second-order valence-corrected chi connectivity index (χ2v) is 9.56. The van der Waals surface area contributed by atoms with Gasteiger partial charge in [0.25, 0.3) is 5.56 Å². The van der Waals surface area contributed by atoms with Gasteiger partial charge in [0.15, 0.2) is 0 Å². The van der Waals surface area contributed by atoms with E-state index in [-0.39, 0.29) is 23.9 Å². The molecule has 0 spiro atoms. The first-order valence-electron chi connectivity index (χ1n) is 11.7. The number of aliphatic hydroxyl groups is 1. The van der Waals surface area contributed by atoms with Crippen LogP contribution in [0.15, 0.2) is 47.5 Å². The Balaban J connectivity index is 1.29. The molecule has 0 radical (unpaired) electrons. The van der Waals surface area contributed by atoms with Gasteiger partial charge in [-0.1, -0.05) is 37.3 Å². The van der Waals surface area contributed by atoms with Crippen LogP contribution in [-0.4, -0.2) is 71.0 Å². The summed E-state index contributed by atoms with van der Waals surface area (Å²) in [5, 5.41) is 11.1. The first-order chi connectivity index (χ1) is 15.9. The predicted molar refractivity (Wildman–Crippen MR) is 126 cm³/mol. The Labute approximate surface area is 194 Å². The van der Waals surface area contributed by atoms with Crippen molar-refractivity contribution in [3.05, 3.63) is 58.6 Å². The van der Waals surface area contributed by atoms with Crippen molar-refractivity contribution < 1.29 is 14.6 Å². The largest absolute Gasteiger partial charge is 0.388 e. The first kappa shape index (κ1) is 23.4. The average Bonchev–Trinajstić information content (AvgIpc) is 2.78. The zero-order valence-electron chi connectivity index (χ0n) is 19.5. The molecule has 1 amide bonds. The van der Waals surface area contributed by atoms with E-state index in [4.69, 9.17) is 4.74 Å². The van der Waals surface area contributed by atoms with Crippen LogP contribution in [0.25, 0.3) is 0 Å². The van der Waals surface area contributed by atoms with Crippen LogP contribution < -0.4 is 10.5 Å². The van der Waals surface area contributed by atoms with E-state index in [1.54, 1.807) is 7.11 Å². The Morgan fingerprint density at radius 2 is 1.94 bits per heavy atom. The molecule has 1 atom stereocenters. The standard InChI is InChI=1S/C25H34N4O4/c1-19(21-6-4-3-5-7-21)12-23(30)27-10-8-25(32,9-11-27)17-29-18-26-22(13-24(29)31)28-14-20(15-28)16-33-2/h3-7,13,18-20,32H,8-12,14-17H2,1-2H3/t19-/m1/s1. The fraction of sp³-hybridized carbons (Fsp3) is 0.560. The summed E-state index contributed by atoms with van der Waals surface area (Å²) in [5.41, 5.74) is -0.0317. The number of amides is 1. The molecule has 33 heavy (non-hydrogen) atoms. The lowest BCUT2D eigenvalue weighted by atomic mass is 9.90. The van der Waals surface area contributed by atoms with E-state index in [1.165, 1.54) is 17.0 Å². The number of carbonyl (C=O) groups excluding carboxylic acids is 1. The number of benzene rings is 1. The maximum Gasteiger partial charge on any atom is 0.255 e. The Bertz CT molecular complexity index is 995.